The lowest BCUT2D eigenvalue weighted by atomic mass is 9.78. The van der Waals surface area contributed by atoms with E-state index in [2.05, 4.69) is 58.9 Å². The molecule has 1 aliphatic heterocycles. The molecular weight excluding hydrogens is 358 g/mol. The first-order valence-electron chi connectivity index (χ1n) is 10.0. The van der Waals surface area contributed by atoms with Gasteiger partial charge in [0.15, 0.2) is 5.78 Å². The highest BCUT2D eigenvalue weighted by atomic mass is 16.1. The molecule has 2 N–H and O–H groups in total. The molecule has 2 atom stereocenters. The summed E-state index contributed by atoms with van der Waals surface area (Å²) in [6, 6.07) is 20.5. The molecule has 0 amide bonds. The predicted octanol–water partition coefficient (Wildman–Crippen LogP) is 5.37. The van der Waals surface area contributed by atoms with Crippen LogP contribution in [0.2, 0.25) is 0 Å². The molecule has 4 nitrogen and oxygen atoms in total. The molecule has 144 valence electrons. The van der Waals surface area contributed by atoms with E-state index in [1.165, 1.54) is 11.1 Å². The largest absolute Gasteiger partial charge is 0.372 e. The number of benzene rings is 2. The highest BCUT2D eigenvalue weighted by molar-refractivity contribution is 6.01. The molecule has 0 saturated heterocycles. The van der Waals surface area contributed by atoms with Crippen molar-refractivity contribution in [1.29, 1.82) is 0 Å². The molecule has 0 saturated carbocycles. The zero-order valence-corrected chi connectivity index (χ0v) is 16.4. The second kappa shape index (κ2) is 7.21. The van der Waals surface area contributed by atoms with Crippen molar-refractivity contribution in [1.82, 2.24) is 4.98 Å². The molecule has 0 bridgehead atoms. The van der Waals surface area contributed by atoms with Crippen molar-refractivity contribution < 1.29 is 4.79 Å². The van der Waals surface area contributed by atoms with Gasteiger partial charge in [-0.05, 0) is 54.7 Å². The fourth-order valence-electron chi connectivity index (χ4n) is 4.37. The summed E-state index contributed by atoms with van der Waals surface area (Å²) in [5, 5.41) is 7.18. The second-order valence-electron chi connectivity index (χ2n) is 7.86. The number of carbonyl (C=O) groups is 1. The standard InChI is InChI=1S/C25H23N3O/c1-16-6-8-17(9-7-16)19-14-22-24(23(29)15-19)25(18-10-12-26-13-11-18)28-21-5-3-2-4-20(21)27-22/h2-13,19,25,27-28H,14-15H2,1H3/t19-,25+/m0/s1. The SMILES string of the molecule is Cc1ccc([C@@H]2CC(=O)C3=C(C2)Nc2ccccc2N[C@@H]3c2ccncc2)cc1. The summed E-state index contributed by atoms with van der Waals surface area (Å²) in [6.07, 6.45) is 4.92. The maximum Gasteiger partial charge on any atom is 0.163 e. The van der Waals surface area contributed by atoms with Crippen molar-refractivity contribution in [3.05, 3.63) is 101 Å². The van der Waals surface area contributed by atoms with Gasteiger partial charge < -0.3 is 10.6 Å². The number of allylic oxidation sites excluding steroid dienone is 1. The van der Waals surface area contributed by atoms with Crippen molar-refractivity contribution >= 4 is 17.2 Å². The summed E-state index contributed by atoms with van der Waals surface area (Å²) in [6.45, 7) is 2.09. The number of anilines is 2. The average molecular weight is 381 g/mol. The Morgan fingerprint density at radius 2 is 1.59 bits per heavy atom. The predicted molar refractivity (Wildman–Crippen MR) is 116 cm³/mol. The van der Waals surface area contributed by atoms with Crippen LogP contribution in [-0.2, 0) is 4.79 Å². The van der Waals surface area contributed by atoms with Crippen molar-refractivity contribution in [3.8, 4) is 0 Å². The van der Waals surface area contributed by atoms with Crippen molar-refractivity contribution in [2.75, 3.05) is 10.6 Å². The molecule has 1 aromatic heterocycles. The summed E-state index contributed by atoms with van der Waals surface area (Å²) in [7, 11) is 0. The number of fused-ring (bicyclic) bond motifs is 1. The molecule has 0 radical (unpaired) electrons. The lowest BCUT2D eigenvalue weighted by Gasteiger charge is -2.30. The van der Waals surface area contributed by atoms with Crippen LogP contribution < -0.4 is 10.6 Å². The Bertz CT molecular complexity index is 1090. The first-order valence-corrected chi connectivity index (χ1v) is 10.0. The third-order valence-corrected chi connectivity index (χ3v) is 5.90. The smallest absolute Gasteiger partial charge is 0.163 e. The molecule has 4 heteroatoms. The van der Waals surface area contributed by atoms with Crippen molar-refractivity contribution in [2.45, 2.75) is 31.7 Å². The molecule has 29 heavy (non-hydrogen) atoms. The molecule has 1 aliphatic carbocycles. The van der Waals surface area contributed by atoms with Gasteiger partial charge in [-0.25, -0.2) is 0 Å². The summed E-state index contributed by atoms with van der Waals surface area (Å²) >= 11 is 0. The van der Waals surface area contributed by atoms with E-state index in [0.29, 0.717) is 6.42 Å². The Kier molecular flexibility index (Phi) is 4.39. The number of aryl methyl sites for hydroxylation is 1. The summed E-state index contributed by atoms with van der Waals surface area (Å²) in [5.41, 5.74) is 7.38. The van der Waals surface area contributed by atoms with Gasteiger partial charge in [-0.1, -0.05) is 42.0 Å². The number of para-hydroxylation sites is 2. The molecule has 2 aliphatic rings. The van der Waals surface area contributed by atoms with Crippen molar-refractivity contribution in [3.63, 3.8) is 0 Å². The number of hydrogen-bond acceptors (Lipinski definition) is 4. The Balaban J connectivity index is 1.60. The Hall–Kier alpha value is -3.40. The van der Waals surface area contributed by atoms with Crippen LogP contribution in [0.3, 0.4) is 0 Å². The van der Waals surface area contributed by atoms with Crippen LogP contribution in [0.1, 0.15) is 41.5 Å². The van der Waals surface area contributed by atoms with Crippen molar-refractivity contribution in [2.24, 2.45) is 0 Å². The van der Waals surface area contributed by atoms with Crippen LogP contribution in [0, 0.1) is 6.92 Å². The lowest BCUT2D eigenvalue weighted by molar-refractivity contribution is -0.116. The molecule has 2 heterocycles. The van der Waals surface area contributed by atoms with E-state index >= 15 is 0 Å². The minimum atomic E-state index is -0.185. The number of carbonyl (C=O) groups excluding carboxylic acids is 1. The molecule has 0 fully saturated rings. The van der Waals surface area contributed by atoms with E-state index in [1.54, 1.807) is 12.4 Å². The quantitative estimate of drug-likeness (QED) is 0.627. The van der Waals surface area contributed by atoms with E-state index in [4.69, 9.17) is 0 Å². The number of ketones is 1. The number of hydrogen-bond donors (Lipinski definition) is 2. The van der Waals surface area contributed by atoms with Crippen LogP contribution in [0.5, 0.6) is 0 Å². The van der Waals surface area contributed by atoms with E-state index < -0.39 is 0 Å². The van der Waals surface area contributed by atoms with Crippen LogP contribution in [-0.4, -0.2) is 10.8 Å². The minimum Gasteiger partial charge on any atom is -0.372 e. The Morgan fingerprint density at radius 1 is 0.862 bits per heavy atom. The first-order chi connectivity index (χ1) is 14.2. The fraction of sp³-hybridized carbons (Fsp3) is 0.200. The number of nitrogens with zero attached hydrogens (tertiary/aromatic N) is 1. The summed E-state index contributed by atoms with van der Waals surface area (Å²) in [5.74, 6) is 0.393. The number of aromatic nitrogens is 1. The molecular formula is C25H23N3O. The fourth-order valence-corrected chi connectivity index (χ4v) is 4.37. The zero-order chi connectivity index (χ0) is 19.8. The van der Waals surface area contributed by atoms with E-state index in [0.717, 1.165) is 34.6 Å². The van der Waals surface area contributed by atoms with E-state index in [9.17, 15) is 4.79 Å². The summed E-state index contributed by atoms with van der Waals surface area (Å²) < 4.78 is 0. The van der Waals surface area contributed by atoms with Gasteiger partial charge in [-0.15, -0.1) is 0 Å². The second-order valence-corrected chi connectivity index (χ2v) is 7.86. The van der Waals surface area contributed by atoms with Gasteiger partial charge in [0.2, 0.25) is 0 Å². The molecule has 0 spiro atoms. The first kappa shape index (κ1) is 17.7. The highest BCUT2D eigenvalue weighted by Crippen LogP contribution is 2.44. The maximum atomic E-state index is 13.4. The van der Waals surface area contributed by atoms with Gasteiger partial charge >= 0.3 is 0 Å². The Labute approximate surface area is 170 Å². The third kappa shape index (κ3) is 3.31. The normalized spacial score (nSPS) is 20.8. The van der Waals surface area contributed by atoms with Crippen LogP contribution in [0.25, 0.3) is 0 Å². The molecule has 0 unspecified atom stereocenters. The number of pyridine rings is 1. The van der Waals surface area contributed by atoms with Gasteiger partial charge in [0.25, 0.3) is 0 Å². The van der Waals surface area contributed by atoms with Gasteiger partial charge in [0.1, 0.15) is 0 Å². The zero-order valence-electron chi connectivity index (χ0n) is 16.4. The molecule has 3 aromatic rings. The highest BCUT2D eigenvalue weighted by Gasteiger charge is 2.35. The lowest BCUT2D eigenvalue weighted by Crippen LogP contribution is -2.26. The van der Waals surface area contributed by atoms with Crippen LogP contribution in [0.15, 0.2) is 84.3 Å². The van der Waals surface area contributed by atoms with Crippen LogP contribution >= 0.6 is 0 Å². The van der Waals surface area contributed by atoms with Gasteiger partial charge in [0, 0.05) is 30.1 Å². The molecule has 2 aromatic carbocycles. The third-order valence-electron chi connectivity index (χ3n) is 5.90. The number of Topliss-reactive ketones (excluding diaryl/α,β-unsaturated/α-hetero) is 1. The van der Waals surface area contributed by atoms with E-state index in [1.807, 2.05) is 24.3 Å². The number of nitrogens with one attached hydrogen (secondary N) is 2. The van der Waals surface area contributed by atoms with Gasteiger partial charge in [0.05, 0.1) is 17.4 Å². The van der Waals surface area contributed by atoms with Gasteiger partial charge in [-0.2, -0.15) is 0 Å². The topological polar surface area (TPSA) is 54.0 Å². The Morgan fingerprint density at radius 3 is 2.34 bits per heavy atom. The van der Waals surface area contributed by atoms with Crippen LogP contribution in [0.4, 0.5) is 11.4 Å². The van der Waals surface area contributed by atoms with E-state index in [-0.39, 0.29) is 17.7 Å². The minimum absolute atomic E-state index is 0.185. The monoisotopic (exact) mass is 381 g/mol. The maximum absolute atomic E-state index is 13.4. The van der Waals surface area contributed by atoms with Gasteiger partial charge in [-0.3, -0.25) is 9.78 Å². The number of rotatable bonds is 2. The average Bonchev–Trinajstić information content (AvgIpc) is 2.92. The molecule has 5 rings (SSSR count). The summed E-state index contributed by atoms with van der Waals surface area (Å²) in [4.78, 5) is 17.6.